The van der Waals surface area contributed by atoms with E-state index < -0.39 is 28.6 Å². The van der Waals surface area contributed by atoms with Gasteiger partial charge in [0, 0.05) is 0 Å². The molecule has 7 nitrogen and oxygen atoms in total. The van der Waals surface area contributed by atoms with Gasteiger partial charge >= 0.3 is 11.8 Å². The molecule has 0 aliphatic carbocycles. The topological polar surface area (TPSA) is 87.3 Å². The Morgan fingerprint density at radius 3 is 2.90 bits per heavy atom. The molecule has 0 spiro atoms. The molecule has 0 aliphatic rings. The van der Waals surface area contributed by atoms with E-state index in [4.69, 9.17) is 4.74 Å². The smallest absolute Gasteiger partial charge is 0.381 e. The number of hydrogen-bond donors (Lipinski definition) is 0. The predicted octanol–water partition coefficient (Wildman–Crippen LogP) is 2.08. The number of carbonyl (C=O) groups excluding carboxylic acids is 1. The molecule has 1 atom stereocenters. The number of halogens is 1. The zero-order chi connectivity index (χ0) is 15.4. The molecule has 1 heterocycles. The number of nitro groups is 1. The summed E-state index contributed by atoms with van der Waals surface area (Å²) >= 11 is 0. The third-order valence-electron chi connectivity index (χ3n) is 2.75. The van der Waals surface area contributed by atoms with Crippen LogP contribution in [0.4, 0.5) is 10.2 Å². The van der Waals surface area contributed by atoms with Gasteiger partial charge in [-0.15, -0.1) is 0 Å². The van der Waals surface area contributed by atoms with E-state index in [1.165, 1.54) is 28.8 Å². The molecule has 1 unspecified atom stereocenters. The van der Waals surface area contributed by atoms with Gasteiger partial charge < -0.3 is 14.9 Å². The lowest BCUT2D eigenvalue weighted by molar-refractivity contribution is -0.389. The summed E-state index contributed by atoms with van der Waals surface area (Å²) in [6.45, 7) is 1.78. The second kappa shape index (κ2) is 6.12. The van der Waals surface area contributed by atoms with E-state index in [0.29, 0.717) is 5.56 Å². The van der Waals surface area contributed by atoms with Crippen LogP contribution >= 0.6 is 0 Å². The molecular formula is C13H12FN3O4. The second-order valence-corrected chi connectivity index (χ2v) is 4.15. The van der Waals surface area contributed by atoms with Crippen molar-refractivity contribution in [3.05, 3.63) is 58.3 Å². The first-order valence-electron chi connectivity index (χ1n) is 6.13. The van der Waals surface area contributed by atoms with E-state index in [2.05, 4.69) is 4.98 Å². The van der Waals surface area contributed by atoms with E-state index >= 15 is 0 Å². The highest BCUT2D eigenvalue weighted by molar-refractivity contribution is 5.78. The molecular weight excluding hydrogens is 281 g/mol. The molecule has 1 aromatic carbocycles. The van der Waals surface area contributed by atoms with Crippen molar-refractivity contribution in [3.8, 4) is 0 Å². The van der Waals surface area contributed by atoms with Crippen molar-refractivity contribution in [2.45, 2.75) is 13.0 Å². The molecule has 0 bridgehead atoms. The fraction of sp³-hybridized carbons (Fsp3) is 0.231. The molecule has 0 saturated carbocycles. The molecule has 2 rings (SSSR count). The lowest BCUT2D eigenvalue weighted by atomic mass is 10.1. The lowest BCUT2D eigenvalue weighted by Gasteiger charge is -2.16. The summed E-state index contributed by atoms with van der Waals surface area (Å²) in [6.07, 6.45) is 2.25. The molecule has 0 radical (unpaired) electrons. The minimum absolute atomic E-state index is 0.140. The van der Waals surface area contributed by atoms with Gasteiger partial charge in [-0.05, 0) is 34.5 Å². The van der Waals surface area contributed by atoms with Crippen molar-refractivity contribution >= 4 is 11.8 Å². The molecule has 0 amide bonds. The van der Waals surface area contributed by atoms with Gasteiger partial charge in [-0.25, -0.2) is 9.18 Å². The van der Waals surface area contributed by atoms with Crippen LogP contribution in [0, 0.1) is 15.9 Å². The monoisotopic (exact) mass is 293 g/mol. The number of hydrogen-bond acceptors (Lipinski definition) is 5. The van der Waals surface area contributed by atoms with Crippen molar-refractivity contribution in [2.24, 2.45) is 0 Å². The van der Waals surface area contributed by atoms with Crippen LogP contribution in [0.3, 0.4) is 0 Å². The van der Waals surface area contributed by atoms with Crippen LogP contribution in [-0.2, 0) is 9.53 Å². The van der Waals surface area contributed by atoms with Crippen LogP contribution in [0.25, 0.3) is 0 Å². The van der Waals surface area contributed by atoms with Crippen LogP contribution in [0.15, 0.2) is 36.8 Å². The summed E-state index contributed by atoms with van der Waals surface area (Å²) in [5.41, 5.74) is 0.320. The van der Waals surface area contributed by atoms with Crippen molar-refractivity contribution in [1.82, 2.24) is 9.55 Å². The van der Waals surface area contributed by atoms with Crippen molar-refractivity contribution < 1.29 is 18.8 Å². The quantitative estimate of drug-likeness (QED) is 0.478. The Labute approximate surface area is 119 Å². The Morgan fingerprint density at radius 1 is 1.57 bits per heavy atom. The predicted molar refractivity (Wildman–Crippen MR) is 70.1 cm³/mol. The van der Waals surface area contributed by atoms with E-state index in [0.717, 1.165) is 12.5 Å². The standard InChI is InChI=1S/C13H12FN3O4/c1-2-21-13(18)12(9-4-3-5-10(14)6-9)16-7-11(15-8-16)17(19)20/h3-8,12H,2H2,1H3. The number of nitrogens with zero attached hydrogens (tertiary/aromatic N) is 3. The summed E-state index contributed by atoms with van der Waals surface area (Å²) in [5, 5.41) is 10.7. The molecule has 1 aromatic heterocycles. The minimum Gasteiger partial charge on any atom is -0.464 e. The van der Waals surface area contributed by atoms with Crippen LogP contribution in [0.2, 0.25) is 0 Å². The Bertz CT molecular complexity index is 671. The Kier molecular flexibility index (Phi) is 4.27. The van der Waals surface area contributed by atoms with Crippen LogP contribution in [-0.4, -0.2) is 27.1 Å². The number of aromatic nitrogens is 2. The Morgan fingerprint density at radius 2 is 2.33 bits per heavy atom. The zero-order valence-corrected chi connectivity index (χ0v) is 11.1. The third-order valence-corrected chi connectivity index (χ3v) is 2.75. The first kappa shape index (κ1) is 14.6. The second-order valence-electron chi connectivity index (χ2n) is 4.15. The number of imidazole rings is 1. The molecule has 8 heteroatoms. The van der Waals surface area contributed by atoms with Gasteiger partial charge in [0.2, 0.25) is 6.33 Å². The molecule has 0 saturated heterocycles. The maximum absolute atomic E-state index is 13.3. The van der Waals surface area contributed by atoms with Gasteiger partial charge in [0.05, 0.1) is 6.61 Å². The molecule has 21 heavy (non-hydrogen) atoms. The first-order chi connectivity index (χ1) is 10.0. The fourth-order valence-corrected chi connectivity index (χ4v) is 1.89. The van der Waals surface area contributed by atoms with Crippen LogP contribution in [0.5, 0.6) is 0 Å². The van der Waals surface area contributed by atoms with Gasteiger partial charge in [-0.2, -0.15) is 0 Å². The summed E-state index contributed by atoms with van der Waals surface area (Å²) in [6, 6.07) is 4.37. The summed E-state index contributed by atoms with van der Waals surface area (Å²) in [7, 11) is 0. The van der Waals surface area contributed by atoms with Crippen molar-refractivity contribution in [1.29, 1.82) is 0 Å². The van der Waals surface area contributed by atoms with E-state index in [1.807, 2.05) is 0 Å². The minimum atomic E-state index is -1.03. The van der Waals surface area contributed by atoms with Crippen molar-refractivity contribution in [2.75, 3.05) is 6.61 Å². The lowest BCUT2D eigenvalue weighted by Crippen LogP contribution is -2.22. The van der Waals surface area contributed by atoms with Gasteiger partial charge in [-0.1, -0.05) is 12.1 Å². The number of ether oxygens (including phenoxy) is 1. The summed E-state index contributed by atoms with van der Waals surface area (Å²) < 4.78 is 19.5. The van der Waals surface area contributed by atoms with Crippen molar-refractivity contribution in [3.63, 3.8) is 0 Å². The first-order valence-corrected chi connectivity index (χ1v) is 6.13. The number of benzene rings is 1. The van der Waals surface area contributed by atoms with E-state index in [1.54, 1.807) is 6.92 Å². The number of carbonyl (C=O) groups is 1. The molecule has 110 valence electrons. The SMILES string of the molecule is CCOC(=O)C(c1cccc(F)c1)n1cnc([N+](=O)[O-])c1. The van der Waals surface area contributed by atoms with Gasteiger partial charge in [-0.3, -0.25) is 4.57 Å². The highest BCUT2D eigenvalue weighted by Crippen LogP contribution is 2.22. The average Bonchev–Trinajstić information content (AvgIpc) is 2.89. The number of rotatable bonds is 5. The molecule has 2 aromatic rings. The maximum Gasteiger partial charge on any atom is 0.381 e. The zero-order valence-electron chi connectivity index (χ0n) is 11.1. The molecule has 0 N–H and O–H groups in total. The third kappa shape index (κ3) is 3.22. The fourth-order valence-electron chi connectivity index (χ4n) is 1.89. The molecule has 0 aliphatic heterocycles. The van der Waals surface area contributed by atoms with Gasteiger partial charge in [0.25, 0.3) is 0 Å². The Balaban J connectivity index is 2.44. The average molecular weight is 293 g/mol. The van der Waals surface area contributed by atoms with E-state index in [9.17, 15) is 19.3 Å². The van der Waals surface area contributed by atoms with Crippen LogP contribution < -0.4 is 0 Å². The van der Waals surface area contributed by atoms with E-state index in [-0.39, 0.29) is 6.61 Å². The normalized spacial score (nSPS) is 11.9. The van der Waals surface area contributed by atoms with Gasteiger partial charge in [0.1, 0.15) is 12.0 Å². The number of esters is 1. The van der Waals surface area contributed by atoms with Crippen LogP contribution in [0.1, 0.15) is 18.5 Å². The maximum atomic E-state index is 13.3. The highest BCUT2D eigenvalue weighted by Gasteiger charge is 2.27. The largest absolute Gasteiger partial charge is 0.464 e. The summed E-state index contributed by atoms with van der Waals surface area (Å²) in [5.74, 6) is -1.56. The Hall–Kier alpha value is -2.77. The molecule has 0 fully saturated rings. The van der Waals surface area contributed by atoms with Gasteiger partial charge in [0.15, 0.2) is 6.04 Å². The highest BCUT2D eigenvalue weighted by atomic mass is 19.1. The summed E-state index contributed by atoms with van der Waals surface area (Å²) in [4.78, 5) is 25.7.